The number of carbonyl (C=O) groups is 1. The van der Waals surface area contributed by atoms with Gasteiger partial charge in [0.2, 0.25) is 0 Å². The molecule has 6 heteroatoms. The first-order valence-electron chi connectivity index (χ1n) is 7.59. The fourth-order valence-electron chi connectivity index (χ4n) is 2.77. The minimum atomic E-state index is -0.861. The number of likely N-dealkylation sites (N-methyl/N-ethyl adjacent to an activating group) is 2. The molecule has 5 nitrogen and oxygen atoms in total. The molecule has 118 valence electrons. The molecule has 1 saturated heterocycles. The summed E-state index contributed by atoms with van der Waals surface area (Å²) in [5.41, 5.74) is 0.733. The summed E-state index contributed by atoms with van der Waals surface area (Å²) in [6.45, 7) is 6.15. The van der Waals surface area contributed by atoms with Gasteiger partial charge in [-0.25, -0.2) is 9.78 Å². The van der Waals surface area contributed by atoms with Crippen LogP contribution >= 0.6 is 11.3 Å². The SMILES string of the molecule is CCC(C)c1nc(N(C)CC2CCCN2C)sc1C(=O)O. The standard InChI is InChI=1S/C15H25N3O2S/c1-5-10(2)12-13(14(19)20)21-15(16-12)18(4)9-11-7-6-8-17(11)3/h10-11H,5-9H2,1-4H3,(H,19,20). The van der Waals surface area contributed by atoms with Crippen LogP contribution < -0.4 is 4.90 Å². The monoisotopic (exact) mass is 311 g/mol. The lowest BCUT2D eigenvalue weighted by molar-refractivity contribution is 0.0700. The minimum Gasteiger partial charge on any atom is -0.477 e. The number of rotatable bonds is 6. The van der Waals surface area contributed by atoms with Crippen LogP contribution in [0.25, 0.3) is 0 Å². The predicted molar refractivity (Wildman–Crippen MR) is 86.7 cm³/mol. The molecule has 2 heterocycles. The number of aromatic carboxylic acids is 1. The van der Waals surface area contributed by atoms with Crippen LogP contribution in [0.15, 0.2) is 0 Å². The van der Waals surface area contributed by atoms with Gasteiger partial charge >= 0.3 is 5.97 Å². The van der Waals surface area contributed by atoms with E-state index in [-0.39, 0.29) is 5.92 Å². The van der Waals surface area contributed by atoms with Crippen molar-refractivity contribution in [3.63, 3.8) is 0 Å². The maximum Gasteiger partial charge on any atom is 0.347 e. The fourth-order valence-corrected chi connectivity index (χ4v) is 3.76. The average Bonchev–Trinajstić information content (AvgIpc) is 3.05. The van der Waals surface area contributed by atoms with E-state index < -0.39 is 5.97 Å². The highest BCUT2D eigenvalue weighted by Crippen LogP contribution is 2.32. The number of hydrogen-bond donors (Lipinski definition) is 1. The van der Waals surface area contributed by atoms with Crippen molar-refractivity contribution in [2.75, 3.05) is 32.1 Å². The van der Waals surface area contributed by atoms with E-state index >= 15 is 0 Å². The van der Waals surface area contributed by atoms with E-state index in [4.69, 9.17) is 0 Å². The van der Waals surface area contributed by atoms with Crippen molar-refractivity contribution < 1.29 is 9.90 Å². The lowest BCUT2D eigenvalue weighted by Gasteiger charge is -2.25. The number of nitrogens with zero attached hydrogens (tertiary/aromatic N) is 3. The van der Waals surface area contributed by atoms with Crippen molar-refractivity contribution in [2.24, 2.45) is 0 Å². The minimum absolute atomic E-state index is 0.184. The van der Waals surface area contributed by atoms with E-state index in [0.29, 0.717) is 10.9 Å². The van der Waals surface area contributed by atoms with Crippen molar-refractivity contribution in [3.05, 3.63) is 10.6 Å². The Morgan fingerprint density at radius 3 is 2.86 bits per heavy atom. The lowest BCUT2D eigenvalue weighted by Crippen LogP contribution is -2.36. The Balaban J connectivity index is 2.17. The molecular formula is C15H25N3O2S. The number of hydrogen-bond acceptors (Lipinski definition) is 5. The van der Waals surface area contributed by atoms with Crippen LogP contribution in [0.2, 0.25) is 0 Å². The Labute approximate surface area is 130 Å². The van der Waals surface area contributed by atoms with Crippen molar-refractivity contribution in [3.8, 4) is 0 Å². The molecule has 0 aromatic carbocycles. The summed E-state index contributed by atoms with van der Waals surface area (Å²) in [6, 6.07) is 0.541. The zero-order valence-corrected chi connectivity index (χ0v) is 14.1. The summed E-state index contributed by atoms with van der Waals surface area (Å²) < 4.78 is 0. The van der Waals surface area contributed by atoms with Gasteiger partial charge < -0.3 is 14.9 Å². The first-order chi connectivity index (χ1) is 9.93. The van der Waals surface area contributed by atoms with Gasteiger partial charge in [-0.15, -0.1) is 0 Å². The molecule has 1 N–H and O–H groups in total. The van der Waals surface area contributed by atoms with Crippen molar-refractivity contribution in [2.45, 2.75) is 45.1 Å². The normalized spacial score (nSPS) is 20.7. The number of thiazole rings is 1. The molecule has 0 spiro atoms. The highest BCUT2D eigenvalue weighted by molar-refractivity contribution is 7.17. The van der Waals surface area contributed by atoms with Crippen LogP contribution in [0.1, 0.15) is 54.4 Å². The van der Waals surface area contributed by atoms with Gasteiger partial charge in [0.1, 0.15) is 4.88 Å². The summed E-state index contributed by atoms with van der Waals surface area (Å²) >= 11 is 1.30. The third-order valence-electron chi connectivity index (χ3n) is 4.40. The Morgan fingerprint density at radius 1 is 1.62 bits per heavy atom. The molecule has 2 unspecified atom stereocenters. The lowest BCUT2D eigenvalue weighted by atomic mass is 10.0. The molecule has 2 rings (SSSR count). The molecule has 2 atom stereocenters. The highest BCUT2D eigenvalue weighted by Gasteiger charge is 2.26. The number of anilines is 1. The smallest absolute Gasteiger partial charge is 0.347 e. The highest BCUT2D eigenvalue weighted by atomic mass is 32.1. The van der Waals surface area contributed by atoms with Gasteiger partial charge in [0.15, 0.2) is 5.13 Å². The summed E-state index contributed by atoms with van der Waals surface area (Å²) in [5.74, 6) is -0.677. The van der Waals surface area contributed by atoms with E-state index in [9.17, 15) is 9.90 Å². The van der Waals surface area contributed by atoms with E-state index in [1.54, 1.807) is 0 Å². The van der Waals surface area contributed by atoms with Gasteiger partial charge in [0.05, 0.1) is 5.69 Å². The Morgan fingerprint density at radius 2 is 2.33 bits per heavy atom. The predicted octanol–water partition coefficient (Wildman–Crippen LogP) is 2.89. The summed E-state index contributed by atoms with van der Waals surface area (Å²) in [4.78, 5) is 20.9. The van der Waals surface area contributed by atoms with E-state index in [1.807, 2.05) is 14.0 Å². The zero-order valence-electron chi connectivity index (χ0n) is 13.3. The van der Waals surface area contributed by atoms with Crippen LogP contribution in [0.3, 0.4) is 0 Å². The quantitative estimate of drug-likeness (QED) is 0.875. The molecule has 0 radical (unpaired) electrons. The second-order valence-electron chi connectivity index (χ2n) is 5.98. The Kier molecular flexibility index (Phi) is 5.22. The van der Waals surface area contributed by atoms with Crippen molar-refractivity contribution in [1.29, 1.82) is 0 Å². The molecule has 0 aliphatic carbocycles. The van der Waals surface area contributed by atoms with Crippen LogP contribution in [-0.4, -0.2) is 54.2 Å². The molecular weight excluding hydrogens is 286 g/mol. The maximum absolute atomic E-state index is 11.4. The van der Waals surface area contributed by atoms with Crippen molar-refractivity contribution in [1.82, 2.24) is 9.88 Å². The average molecular weight is 311 g/mol. The molecule has 1 aliphatic rings. The Hall–Kier alpha value is -1.14. The second kappa shape index (κ2) is 6.75. The molecule has 1 aliphatic heterocycles. The molecule has 0 bridgehead atoms. The fraction of sp³-hybridized carbons (Fsp3) is 0.733. The number of carboxylic acid groups (broad SMARTS) is 1. The number of aromatic nitrogens is 1. The summed E-state index contributed by atoms with van der Waals surface area (Å²) in [6.07, 6.45) is 3.35. The van der Waals surface area contributed by atoms with E-state index in [1.165, 1.54) is 24.2 Å². The number of carboxylic acids is 1. The van der Waals surface area contributed by atoms with E-state index in [0.717, 1.165) is 30.3 Å². The van der Waals surface area contributed by atoms with Crippen LogP contribution in [-0.2, 0) is 0 Å². The third kappa shape index (κ3) is 3.55. The van der Waals surface area contributed by atoms with Crippen LogP contribution in [0, 0.1) is 0 Å². The van der Waals surface area contributed by atoms with Gasteiger partial charge in [-0.3, -0.25) is 0 Å². The van der Waals surface area contributed by atoms with Gasteiger partial charge in [0.25, 0.3) is 0 Å². The van der Waals surface area contributed by atoms with Gasteiger partial charge in [-0.05, 0) is 38.8 Å². The van der Waals surface area contributed by atoms with Gasteiger partial charge in [-0.1, -0.05) is 25.2 Å². The summed E-state index contributed by atoms with van der Waals surface area (Å²) in [7, 11) is 4.16. The van der Waals surface area contributed by atoms with Crippen LogP contribution in [0.5, 0.6) is 0 Å². The molecule has 0 saturated carbocycles. The maximum atomic E-state index is 11.4. The zero-order chi connectivity index (χ0) is 15.6. The first-order valence-corrected chi connectivity index (χ1v) is 8.41. The topological polar surface area (TPSA) is 56.7 Å². The van der Waals surface area contributed by atoms with Crippen molar-refractivity contribution >= 4 is 22.4 Å². The largest absolute Gasteiger partial charge is 0.477 e. The third-order valence-corrected chi connectivity index (χ3v) is 5.57. The van der Waals surface area contributed by atoms with Gasteiger partial charge in [-0.2, -0.15) is 0 Å². The number of likely N-dealkylation sites (tertiary alicyclic amines) is 1. The summed E-state index contributed by atoms with van der Waals surface area (Å²) in [5, 5.41) is 10.2. The van der Waals surface area contributed by atoms with Crippen LogP contribution in [0.4, 0.5) is 5.13 Å². The van der Waals surface area contributed by atoms with E-state index in [2.05, 4.69) is 28.8 Å². The molecule has 1 aromatic heterocycles. The molecule has 21 heavy (non-hydrogen) atoms. The molecule has 1 aromatic rings. The Bertz CT molecular complexity index is 503. The second-order valence-corrected chi connectivity index (χ2v) is 6.96. The molecule has 0 amide bonds. The molecule has 1 fully saturated rings. The first kappa shape index (κ1) is 16.2. The van der Waals surface area contributed by atoms with Gasteiger partial charge in [0, 0.05) is 19.6 Å².